The molecule has 0 spiro atoms. The lowest BCUT2D eigenvalue weighted by Gasteiger charge is -2.44. The van der Waals surface area contributed by atoms with Crippen molar-refractivity contribution in [2.45, 2.75) is 61.3 Å². The zero-order valence-electron chi connectivity index (χ0n) is 10.6. The molecule has 0 heteroatoms. The smallest absolute Gasteiger partial charge is 0.0252 e. The van der Waals surface area contributed by atoms with Crippen molar-refractivity contribution in [3.63, 3.8) is 0 Å². The summed E-state index contributed by atoms with van der Waals surface area (Å²) in [5.74, 6) is 2.46. The molecule has 0 aromatic rings. The molecule has 0 bridgehead atoms. The van der Waals surface area contributed by atoms with Crippen LogP contribution in [0.4, 0.5) is 0 Å². The van der Waals surface area contributed by atoms with E-state index in [0.29, 0.717) is 5.41 Å². The number of hydrogen-bond acceptors (Lipinski definition) is 0. The maximum Gasteiger partial charge on any atom is -0.0252 e. The second-order valence-electron chi connectivity index (χ2n) is 5.19. The molecule has 0 fully saturated rings. The predicted octanol–water partition coefficient (Wildman–Crippen LogP) is 4.74. The Morgan fingerprint density at radius 3 is 1.23 bits per heavy atom. The molecule has 0 aliphatic heterocycles. The van der Waals surface area contributed by atoms with Gasteiger partial charge < -0.3 is 0 Å². The van der Waals surface area contributed by atoms with Crippen LogP contribution in [0.3, 0.4) is 0 Å². The largest absolute Gasteiger partial charge is 0.0651 e. The minimum Gasteiger partial charge on any atom is -0.0651 e. The second kappa shape index (κ2) is 5.02. The SMILES string of the molecule is CCC(CC)C(C)(C(C)C)C(C)C. The topological polar surface area (TPSA) is 0 Å². The van der Waals surface area contributed by atoms with Gasteiger partial charge in [0, 0.05) is 0 Å². The highest BCUT2D eigenvalue weighted by Gasteiger charge is 2.37. The second-order valence-corrected chi connectivity index (χ2v) is 5.19. The molecule has 0 unspecified atom stereocenters. The van der Waals surface area contributed by atoms with Crippen LogP contribution >= 0.6 is 0 Å². The summed E-state index contributed by atoms with van der Waals surface area (Å²) in [6, 6.07) is 0. The lowest BCUT2D eigenvalue weighted by molar-refractivity contribution is 0.0474. The van der Waals surface area contributed by atoms with Crippen LogP contribution in [-0.2, 0) is 0 Å². The van der Waals surface area contributed by atoms with Gasteiger partial charge in [-0.2, -0.15) is 0 Å². The Kier molecular flexibility index (Phi) is 5.02. The van der Waals surface area contributed by atoms with E-state index >= 15 is 0 Å². The van der Waals surface area contributed by atoms with Crippen LogP contribution in [0.1, 0.15) is 61.3 Å². The van der Waals surface area contributed by atoms with Crippen molar-refractivity contribution in [2.24, 2.45) is 23.2 Å². The van der Waals surface area contributed by atoms with Gasteiger partial charge in [-0.1, -0.05) is 61.3 Å². The molecule has 0 heterocycles. The Balaban J connectivity index is 4.75. The highest BCUT2D eigenvalue weighted by atomic mass is 14.4. The molecule has 0 N–H and O–H groups in total. The summed E-state index contributed by atoms with van der Waals surface area (Å²) in [5.41, 5.74) is 0.517. The molecule has 0 amide bonds. The van der Waals surface area contributed by atoms with Crippen molar-refractivity contribution < 1.29 is 0 Å². The lowest BCUT2D eigenvalue weighted by Crippen LogP contribution is -2.37. The van der Waals surface area contributed by atoms with E-state index in [9.17, 15) is 0 Å². The molecule has 0 radical (unpaired) electrons. The summed E-state index contributed by atoms with van der Waals surface area (Å²) in [6.07, 6.45) is 2.65. The van der Waals surface area contributed by atoms with Crippen molar-refractivity contribution in [1.82, 2.24) is 0 Å². The van der Waals surface area contributed by atoms with Crippen LogP contribution in [0.2, 0.25) is 0 Å². The number of hydrogen-bond donors (Lipinski definition) is 0. The third-order valence-corrected chi connectivity index (χ3v) is 4.35. The van der Waals surface area contributed by atoms with Crippen molar-refractivity contribution in [2.75, 3.05) is 0 Å². The summed E-state index contributed by atoms with van der Waals surface area (Å²) in [6.45, 7) is 16.6. The Morgan fingerprint density at radius 1 is 0.846 bits per heavy atom. The average molecular weight is 184 g/mol. The van der Waals surface area contributed by atoms with E-state index in [2.05, 4.69) is 48.5 Å². The zero-order valence-corrected chi connectivity index (χ0v) is 10.6. The van der Waals surface area contributed by atoms with Crippen LogP contribution in [-0.4, -0.2) is 0 Å². The Bertz CT molecular complexity index is 121. The fourth-order valence-electron chi connectivity index (χ4n) is 2.78. The third kappa shape index (κ3) is 2.48. The first kappa shape index (κ1) is 13.0. The maximum absolute atomic E-state index is 2.47. The van der Waals surface area contributed by atoms with Gasteiger partial charge in [0.2, 0.25) is 0 Å². The van der Waals surface area contributed by atoms with E-state index in [4.69, 9.17) is 0 Å². The van der Waals surface area contributed by atoms with Gasteiger partial charge in [-0.3, -0.25) is 0 Å². The summed E-state index contributed by atoms with van der Waals surface area (Å²) < 4.78 is 0. The van der Waals surface area contributed by atoms with Crippen molar-refractivity contribution in [1.29, 1.82) is 0 Å². The van der Waals surface area contributed by atoms with Crippen LogP contribution in [0.25, 0.3) is 0 Å². The molecule has 0 aliphatic carbocycles. The van der Waals surface area contributed by atoms with Crippen LogP contribution in [0.15, 0.2) is 0 Å². The first-order valence-corrected chi connectivity index (χ1v) is 5.91. The normalized spacial score (nSPS) is 13.4. The van der Waals surface area contributed by atoms with E-state index in [0.717, 1.165) is 17.8 Å². The van der Waals surface area contributed by atoms with E-state index in [1.165, 1.54) is 12.8 Å². The summed E-state index contributed by atoms with van der Waals surface area (Å²) >= 11 is 0. The summed E-state index contributed by atoms with van der Waals surface area (Å²) in [5, 5.41) is 0. The Hall–Kier alpha value is 0. The first-order chi connectivity index (χ1) is 5.91. The van der Waals surface area contributed by atoms with Crippen LogP contribution < -0.4 is 0 Å². The minimum absolute atomic E-state index is 0.517. The maximum atomic E-state index is 2.47. The Morgan fingerprint density at radius 2 is 1.15 bits per heavy atom. The highest BCUT2D eigenvalue weighted by Crippen LogP contribution is 2.45. The minimum atomic E-state index is 0.517. The van der Waals surface area contributed by atoms with Crippen molar-refractivity contribution in [3.8, 4) is 0 Å². The summed E-state index contributed by atoms with van der Waals surface area (Å²) in [7, 11) is 0. The van der Waals surface area contributed by atoms with Gasteiger partial charge >= 0.3 is 0 Å². The van der Waals surface area contributed by atoms with Gasteiger partial charge in [0.15, 0.2) is 0 Å². The fraction of sp³-hybridized carbons (Fsp3) is 1.00. The lowest BCUT2D eigenvalue weighted by atomic mass is 9.61. The molecule has 80 valence electrons. The number of rotatable bonds is 5. The monoisotopic (exact) mass is 184 g/mol. The van der Waals surface area contributed by atoms with Gasteiger partial charge in [0.25, 0.3) is 0 Å². The van der Waals surface area contributed by atoms with Crippen molar-refractivity contribution >= 4 is 0 Å². The summed E-state index contributed by atoms with van der Waals surface area (Å²) in [4.78, 5) is 0. The van der Waals surface area contributed by atoms with Crippen molar-refractivity contribution in [3.05, 3.63) is 0 Å². The van der Waals surface area contributed by atoms with Gasteiger partial charge in [-0.05, 0) is 23.2 Å². The van der Waals surface area contributed by atoms with E-state index < -0.39 is 0 Å². The van der Waals surface area contributed by atoms with Gasteiger partial charge in [0.05, 0.1) is 0 Å². The van der Waals surface area contributed by atoms with E-state index in [1.807, 2.05) is 0 Å². The third-order valence-electron chi connectivity index (χ3n) is 4.35. The van der Waals surface area contributed by atoms with E-state index in [-0.39, 0.29) is 0 Å². The van der Waals surface area contributed by atoms with Gasteiger partial charge in [-0.15, -0.1) is 0 Å². The molecule has 0 rings (SSSR count). The first-order valence-electron chi connectivity index (χ1n) is 5.91. The molecular formula is C13H28. The predicted molar refractivity (Wildman–Crippen MR) is 61.9 cm³/mol. The Labute approximate surface area is 85.1 Å². The molecule has 13 heavy (non-hydrogen) atoms. The highest BCUT2D eigenvalue weighted by molar-refractivity contribution is 4.86. The molecule has 0 aliphatic rings. The quantitative estimate of drug-likeness (QED) is 0.579. The van der Waals surface area contributed by atoms with Crippen LogP contribution in [0, 0.1) is 23.2 Å². The zero-order chi connectivity index (χ0) is 10.6. The average Bonchev–Trinajstić information content (AvgIpc) is 2.05. The molecule has 0 nitrogen and oxygen atoms in total. The molecule has 0 atom stereocenters. The standard InChI is InChI=1S/C13H28/c1-8-12(9-2)13(7,10(3)4)11(5)6/h10-12H,8-9H2,1-7H3. The van der Waals surface area contributed by atoms with Gasteiger partial charge in [-0.25, -0.2) is 0 Å². The van der Waals surface area contributed by atoms with Crippen LogP contribution in [0.5, 0.6) is 0 Å². The fourth-order valence-corrected chi connectivity index (χ4v) is 2.78. The molecule has 0 saturated carbocycles. The molecule has 0 aromatic carbocycles. The van der Waals surface area contributed by atoms with E-state index in [1.54, 1.807) is 0 Å². The molecule has 0 aromatic heterocycles. The molecule has 0 saturated heterocycles. The van der Waals surface area contributed by atoms with Gasteiger partial charge in [0.1, 0.15) is 0 Å². The molecular weight excluding hydrogens is 156 g/mol.